The minimum Gasteiger partial charge on any atom is -0.389 e. The summed E-state index contributed by atoms with van der Waals surface area (Å²) in [7, 11) is 0. The molecule has 100 valence electrons. The van der Waals surface area contributed by atoms with Gasteiger partial charge < -0.3 is 15.8 Å². The minimum absolute atomic E-state index is 0.0782. The summed E-state index contributed by atoms with van der Waals surface area (Å²) in [4.78, 5) is 4.06. The molecule has 0 aliphatic heterocycles. The summed E-state index contributed by atoms with van der Waals surface area (Å²) in [5.41, 5.74) is 6.65. The van der Waals surface area contributed by atoms with Crippen LogP contribution in [0.15, 0.2) is 18.5 Å². The fourth-order valence-corrected chi connectivity index (χ4v) is 1.37. The molecule has 0 atom stereocenters. The van der Waals surface area contributed by atoms with E-state index in [9.17, 15) is 13.2 Å². The van der Waals surface area contributed by atoms with Gasteiger partial charge in [0, 0.05) is 18.3 Å². The van der Waals surface area contributed by atoms with Crippen molar-refractivity contribution in [2.24, 2.45) is 5.73 Å². The summed E-state index contributed by atoms with van der Waals surface area (Å²) in [6.07, 6.45) is -1.28. The largest absolute Gasteiger partial charge is 0.411 e. The van der Waals surface area contributed by atoms with E-state index in [0.29, 0.717) is 11.3 Å². The Bertz CT molecular complexity index is 412. The predicted octanol–water partition coefficient (Wildman–Crippen LogP) is 1.71. The number of thiocarbonyl (C=S) groups is 1. The van der Waals surface area contributed by atoms with Crippen LogP contribution in [-0.4, -0.2) is 35.9 Å². The molecule has 1 aromatic heterocycles. The lowest BCUT2D eigenvalue weighted by atomic mass is 10.2. The Morgan fingerprint density at radius 2 is 2.22 bits per heavy atom. The molecule has 0 spiro atoms. The Morgan fingerprint density at radius 1 is 1.50 bits per heavy atom. The van der Waals surface area contributed by atoms with Gasteiger partial charge in [-0.25, -0.2) is 0 Å². The van der Waals surface area contributed by atoms with Crippen molar-refractivity contribution < 1.29 is 17.9 Å². The van der Waals surface area contributed by atoms with Gasteiger partial charge in [-0.05, 0) is 6.07 Å². The molecule has 0 amide bonds. The summed E-state index contributed by atoms with van der Waals surface area (Å²) >= 11 is 4.83. The quantitative estimate of drug-likeness (QED) is 0.613. The van der Waals surface area contributed by atoms with E-state index >= 15 is 0 Å². The summed E-state index contributed by atoms with van der Waals surface area (Å²) in [6, 6.07) is 1.63. The van der Waals surface area contributed by atoms with Crippen molar-refractivity contribution in [3.63, 3.8) is 0 Å². The molecule has 3 N–H and O–H groups in total. The van der Waals surface area contributed by atoms with Gasteiger partial charge in [-0.2, -0.15) is 13.2 Å². The number of nitrogens with zero attached hydrogens (tertiary/aromatic N) is 1. The average Bonchev–Trinajstić information content (AvgIpc) is 2.27. The highest BCUT2D eigenvalue weighted by Gasteiger charge is 2.27. The number of rotatable bonds is 6. The highest BCUT2D eigenvalue weighted by molar-refractivity contribution is 7.80. The van der Waals surface area contributed by atoms with Crippen molar-refractivity contribution in [2.45, 2.75) is 6.18 Å². The van der Waals surface area contributed by atoms with Gasteiger partial charge >= 0.3 is 6.18 Å². The Balaban J connectivity index is 2.38. The normalized spacial score (nSPS) is 11.3. The molecule has 0 unspecified atom stereocenters. The monoisotopic (exact) mass is 279 g/mol. The van der Waals surface area contributed by atoms with Gasteiger partial charge in [0.05, 0.1) is 18.5 Å². The van der Waals surface area contributed by atoms with Crippen LogP contribution in [0.1, 0.15) is 5.56 Å². The number of aromatic nitrogens is 1. The number of alkyl halides is 3. The molecular weight excluding hydrogens is 267 g/mol. The number of ether oxygens (including phenoxy) is 1. The van der Waals surface area contributed by atoms with Gasteiger partial charge in [-0.15, -0.1) is 0 Å². The van der Waals surface area contributed by atoms with Gasteiger partial charge in [0.25, 0.3) is 0 Å². The minimum atomic E-state index is -4.31. The molecule has 1 aromatic rings. The van der Waals surface area contributed by atoms with E-state index in [4.69, 9.17) is 18.0 Å². The van der Waals surface area contributed by atoms with Gasteiger partial charge in [0.15, 0.2) is 0 Å². The number of pyridine rings is 1. The molecule has 1 heterocycles. The second-order valence-electron chi connectivity index (χ2n) is 3.38. The molecule has 0 aliphatic carbocycles. The lowest BCUT2D eigenvalue weighted by Crippen LogP contribution is -2.21. The van der Waals surface area contributed by atoms with Crippen LogP contribution in [0.25, 0.3) is 0 Å². The van der Waals surface area contributed by atoms with Crippen molar-refractivity contribution in [3.8, 4) is 0 Å². The second-order valence-corrected chi connectivity index (χ2v) is 3.82. The first-order valence-electron chi connectivity index (χ1n) is 5.02. The molecule has 18 heavy (non-hydrogen) atoms. The van der Waals surface area contributed by atoms with E-state index in [1.807, 2.05) is 0 Å². The summed E-state index contributed by atoms with van der Waals surface area (Å²) in [5.74, 6) is 0. The van der Waals surface area contributed by atoms with Crippen LogP contribution in [0.4, 0.5) is 18.9 Å². The molecule has 0 radical (unpaired) electrons. The van der Waals surface area contributed by atoms with Crippen molar-refractivity contribution in [1.29, 1.82) is 0 Å². The molecule has 0 bridgehead atoms. The van der Waals surface area contributed by atoms with E-state index in [2.05, 4.69) is 15.0 Å². The van der Waals surface area contributed by atoms with Crippen molar-refractivity contribution in [3.05, 3.63) is 24.0 Å². The molecule has 4 nitrogen and oxygen atoms in total. The smallest absolute Gasteiger partial charge is 0.389 e. The maximum Gasteiger partial charge on any atom is 0.411 e. The van der Waals surface area contributed by atoms with Crippen LogP contribution < -0.4 is 11.1 Å². The maximum atomic E-state index is 11.8. The lowest BCUT2D eigenvalue weighted by Gasteiger charge is -2.11. The van der Waals surface area contributed by atoms with Crippen molar-refractivity contribution in [1.82, 2.24) is 4.98 Å². The summed E-state index contributed by atoms with van der Waals surface area (Å²) in [5, 5.41) is 2.86. The van der Waals surface area contributed by atoms with E-state index in [1.54, 1.807) is 6.07 Å². The summed E-state index contributed by atoms with van der Waals surface area (Å²) < 4.78 is 39.8. The Morgan fingerprint density at radius 3 is 2.83 bits per heavy atom. The predicted molar refractivity (Wildman–Crippen MR) is 65.5 cm³/mol. The molecule has 0 aliphatic rings. The van der Waals surface area contributed by atoms with E-state index < -0.39 is 12.8 Å². The molecule has 1 rings (SSSR count). The molecule has 0 saturated carbocycles. The number of anilines is 1. The third-order valence-corrected chi connectivity index (χ3v) is 2.13. The van der Waals surface area contributed by atoms with Crippen LogP contribution >= 0.6 is 12.2 Å². The number of nitrogens with one attached hydrogen (secondary N) is 1. The van der Waals surface area contributed by atoms with Crippen LogP contribution in [0.3, 0.4) is 0 Å². The zero-order valence-corrected chi connectivity index (χ0v) is 10.1. The van der Waals surface area contributed by atoms with E-state index in [0.717, 1.165) is 0 Å². The third-order valence-electron chi connectivity index (χ3n) is 1.91. The molecular formula is C10H12F3N3OS. The number of nitrogens with two attached hydrogens (primary N) is 1. The van der Waals surface area contributed by atoms with Crippen LogP contribution in [-0.2, 0) is 4.74 Å². The van der Waals surface area contributed by atoms with Gasteiger partial charge in [0.2, 0.25) is 0 Å². The maximum absolute atomic E-state index is 11.8. The first-order chi connectivity index (χ1) is 8.40. The molecule has 0 saturated heterocycles. The Labute approximate surface area is 107 Å². The van der Waals surface area contributed by atoms with E-state index in [1.165, 1.54) is 12.4 Å². The average molecular weight is 279 g/mol. The molecule has 0 aromatic carbocycles. The number of hydrogen-bond donors (Lipinski definition) is 2. The first-order valence-corrected chi connectivity index (χ1v) is 5.43. The van der Waals surface area contributed by atoms with Crippen molar-refractivity contribution >= 4 is 22.9 Å². The second kappa shape index (κ2) is 6.50. The number of hydrogen-bond acceptors (Lipinski definition) is 4. The standard InChI is InChI=1S/C10H12F3N3OS/c11-10(12,13)6-17-4-3-16-8-5-15-2-1-7(8)9(14)18/h1-2,5,16H,3-4,6H2,(H2,14,18). The third kappa shape index (κ3) is 5.28. The Hall–Kier alpha value is -1.41. The lowest BCUT2D eigenvalue weighted by molar-refractivity contribution is -0.172. The highest BCUT2D eigenvalue weighted by Crippen LogP contribution is 2.15. The van der Waals surface area contributed by atoms with Crippen LogP contribution in [0.2, 0.25) is 0 Å². The zero-order valence-electron chi connectivity index (χ0n) is 9.33. The Kier molecular flexibility index (Phi) is 5.29. The SMILES string of the molecule is NC(=S)c1ccncc1NCCOCC(F)(F)F. The topological polar surface area (TPSA) is 60.2 Å². The number of halogens is 3. The fraction of sp³-hybridized carbons (Fsp3) is 0.400. The van der Waals surface area contributed by atoms with Gasteiger partial charge in [0.1, 0.15) is 11.6 Å². The van der Waals surface area contributed by atoms with Crippen LogP contribution in [0, 0.1) is 0 Å². The zero-order chi connectivity index (χ0) is 13.6. The highest BCUT2D eigenvalue weighted by atomic mass is 32.1. The van der Waals surface area contributed by atoms with Gasteiger partial charge in [-0.1, -0.05) is 12.2 Å². The summed E-state index contributed by atoms with van der Waals surface area (Å²) in [6.45, 7) is -1.13. The van der Waals surface area contributed by atoms with Gasteiger partial charge in [-0.3, -0.25) is 4.98 Å². The molecule has 0 fully saturated rings. The van der Waals surface area contributed by atoms with E-state index in [-0.39, 0.29) is 18.1 Å². The molecule has 8 heteroatoms. The first kappa shape index (κ1) is 14.7. The van der Waals surface area contributed by atoms with Crippen LogP contribution in [0.5, 0.6) is 0 Å². The fourth-order valence-electron chi connectivity index (χ4n) is 1.20. The van der Waals surface area contributed by atoms with Crippen molar-refractivity contribution in [2.75, 3.05) is 25.1 Å².